The average Bonchev–Trinajstić information content (AvgIpc) is 2.60. The van der Waals surface area contributed by atoms with Crippen LogP contribution in [-0.2, 0) is 16.0 Å². The summed E-state index contributed by atoms with van der Waals surface area (Å²) in [6.07, 6.45) is 0.144. The van der Waals surface area contributed by atoms with E-state index in [2.05, 4.69) is 5.32 Å². The van der Waals surface area contributed by atoms with Crippen LogP contribution in [0.4, 0.5) is 0 Å². The molecule has 2 aromatic rings. The summed E-state index contributed by atoms with van der Waals surface area (Å²) in [6, 6.07) is 12.5. The second-order valence-electron chi connectivity index (χ2n) is 5.74. The highest BCUT2D eigenvalue weighted by atomic mass is 35.5. The van der Waals surface area contributed by atoms with Crippen LogP contribution < -0.4 is 15.8 Å². The molecule has 0 radical (unpaired) electrons. The Balaban J connectivity index is 1.83. The lowest BCUT2D eigenvalue weighted by atomic mass is 10.1. The van der Waals surface area contributed by atoms with Gasteiger partial charge in [0.25, 0.3) is 5.91 Å². The zero-order valence-electron chi connectivity index (χ0n) is 14.2. The molecule has 0 saturated heterocycles. The first kappa shape index (κ1) is 19.5. The third kappa shape index (κ3) is 5.89. The van der Waals surface area contributed by atoms with Gasteiger partial charge in [0.05, 0.1) is 12.5 Å². The van der Waals surface area contributed by atoms with E-state index in [1.807, 2.05) is 0 Å². The number of nitrogens with two attached hydrogens (primary N) is 1. The van der Waals surface area contributed by atoms with Crippen LogP contribution in [0.3, 0.4) is 0 Å². The Bertz CT molecular complexity index is 788. The highest BCUT2D eigenvalue weighted by Crippen LogP contribution is 2.13. The van der Waals surface area contributed by atoms with Crippen LogP contribution >= 0.6 is 11.6 Å². The Morgan fingerprint density at radius 2 is 1.69 bits per heavy atom. The van der Waals surface area contributed by atoms with E-state index in [0.717, 1.165) is 5.56 Å². The Hall–Kier alpha value is -2.86. The van der Waals surface area contributed by atoms with Crippen LogP contribution in [0, 0.1) is 0 Å². The summed E-state index contributed by atoms with van der Waals surface area (Å²) in [5.74, 6) is -0.575. The summed E-state index contributed by atoms with van der Waals surface area (Å²) in [5.41, 5.74) is 6.35. The summed E-state index contributed by atoms with van der Waals surface area (Å²) in [4.78, 5) is 35.1. The third-order valence-electron chi connectivity index (χ3n) is 3.57. The number of halogens is 1. The maximum Gasteiger partial charge on any atom is 0.258 e. The van der Waals surface area contributed by atoms with Gasteiger partial charge in [0.15, 0.2) is 12.4 Å². The number of hydrogen-bond acceptors (Lipinski definition) is 4. The van der Waals surface area contributed by atoms with Gasteiger partial charge in [-0.15, -0.1) is 0 Å². The summed E-state index contributed by atoms with van der Waals surface area (Å²) < 4.78 is 5.37. The molecular formula is C19H19ClN2O4. The molecule has 7 heteroatoms. The van der Waals surface area contributed by atoms with Crippen LogP contribution in [0.25, 0.3) is 0 Å². The fraction of sp³-hybridized carbons (Fsp3) is 0.211. The van der Waals surface area contributed by atoms with Crippen molar-refractivity contribution in [1.82, 2.24) is 5.32 Å². The maximum atomic E-state index is 12.3. The van der Waals surface area contributed by atoms with Crippen LogP contribution in [-0.4, -0.2) is 30.2 Å². The zero-order valence-corrected chi connectivity index (χ0v) is 15.0. The van der Waals surface area contributed by atoms with Gasteiger partial charge in [-0.1, -0.05) is 23.7 Å². The molecule has 2 aromatic carbocycles. The molecule has 0 saturated carbocycles. The summed E-state index contributed by atoms with van der Waals surface area (Å²) in [5, 5.41) is 3.13. The standard InChI is InChI=1S/C19H19ClN2O4/c1-12(19(25)14-4-6-15(20)7-5-14)22-18(24)11-26-16-8-2-13(3-9-16)10-17(21)23/h2-9,12H,10-11H2,1H3,(H2,21,23)(H,22,24). The lowest BCUT2D eigenvalue weighted by Crippen LogP contribution is -2.41. The number of ketones is 1. The van der Waals surface area contributed by atoms with Gasteiger partial charge in [0.1, 0.15) is 5.75 Å². The number of nitrogens with one attached hydrogen (secondary N) is 1. The molecule has 0 aliphatic carbocycles. The second-order valence-corrected chi connectivity index (χ2v) is 6.17. The molecule has 6 nitrogen and oxygen atoms in total. The van der Waals surface area contributed by atoms with Gasteiger partial charge in [0.2, 0.25) is 5.91 Å². The minimum absolute atomic E-state index is 0.144. The van der Waals surface area contributed by atoms with Gasteiger partial charge in [-0.05, 0) is 48.9 Å². The van der Waals surface area contributed by atoms with Gasteiger partial charge in [-0.2, -0.15) is 0 Å². The van der Waals surface area contributed by atoms with Crippen molar-refractivity contribution in [3.63, 3.8) is 0 Å². The number of carbonyl (C=O) groups excluding carboxylic acids is 3. The monoisotopic (exact) mass is 374 g/mol. The molecular weight excluding hydrogens is 356 g/mol. The van der Waals surface area contributed by atoms with Crippen LogP contribution in [0.2, 0.25) is 5.02 Å². The fourth-order valence-electron chi connectivity index (χ4n) is 2.27. The molecule has 1 unspecified atom stereocenters. The van der Waals surface area contributed by atoms with E-state index in [4.69, 9.17) is 22.1 Å². The van der Waals surface area contributed by atoms with E-state index in [1.165, 1.54) is 0 Å². The predicted molar refractivity (Wildman–Crippen MR) is 98.2 cm³/mol. The number of hydrogen-bond donors (Lipinski definition) is 2. The quantitative estimate of drug-likeness (QED) is 0.691. The molecule has 3 N–H and O–H groups in total. The van der Waals surface area contributed by atoms with Gasteiger partial charge in [-0.3, -0.25) is 14.4 Å². The van der Waals surface area contributed by atoms with E-state index in [0.29, 0.717) is 16.3 Å². The molecule has 2 rings (SSSR count). The normalized spacial score (nSPS) is 11.5. The van der Waals surface area contributed by atoms with Gasteiger partial charge in [0, 0.05) is 10.6 Å². The van der Waals surface area contributed by atoms with E-state index < -0.39 is 17.9 Å². The molecule has 0 spiro atoms. The summed E-state index contributed by atoms with van der Waals surface area (Å²) in [6.45, 7) is 1.38. The lowest BCUT2D eigenvalue weighted by molar-refractivity contribution is -0.123. The van der Waals surface area contributed by atoms with Crippen molar-refractivity contribution in [2.24, 2.45) is 5.73 Å². The fourth-order valence-corrected chi connectivity index (χ4v) is 2.39. The highest BCUT2D eigenvalue weighted by molar-refractivity contribution is 6.30. The van der Waals surface area contributed by atoms with Crippen molar-refractivity contribution in [2.45, 2.75) is 19.4 Å². The Labute approximate surface area is 156 Å². The van der Waals surface area contributed by atoms with Gasteiger partial charge < -0.3 is 15.8 Å². The molecule has 0 fully saturated rings. The minimum atomic E-state index is -0.690. The predicted octanol–water partition coefficient (Wildman–Crippen LogP) is 2.13. The van der Waals surface area contributed by atoms with Gasteiger partial charge >= 0.3 is 0 Å². The smallest absolute Gasteiger partial charge is 0.258 e. The van der Waals surface area contributed by atoms with E-state index in [-0.39, 0.29) is 18.8 Å². The molecule has 136 valence electrons. The SMILES string of the molecule is CC(NC(=O)COc1ccc(CC(N)=O)cc1)C(=O)c1ccc(Cl)cc1. The largest absolute Gasteiger partial charge is 0.484 e. The molecule has 0 aromatic heterocycles. The van der Waals surface area contributed by atoms with Crippen LogP contribution in [0.15, 0.2) is 48.5 Å². The Morgan fingerprint density at radius 3 is 2.27 bits per heavy atom. The molecule has 0 aliphatic heterocycles. The molecule has 0 heterocycles. The molecule has 26 heavy (non-hydrogen) atoms. The number of ether oxygens (including phenoxy) is 1. The first-order chi connectivity index (χ1) is 12.3. The van der Waals surface area contributed by atoms with Crippen molar-refractivity contribution in [3.05, 3.63) is 64.7 Å². The number of Topliss-reactive ketones (excluding diaryl/α,β-unsaturated/α-hetero) is 1. The molecule has 0 bridgehead atoms. The topological polar surface area (TPSA) is 98.5 Å². The maximum absolute atomic E-state index is 12.3. The van der Waals surface area contributed by atoms with Crippen molar-refractivity contribution >= 4 is 29.2 Å². The lowest BCUT2D eigenvalue weighted by Gasteiger charge is -2.13. The van der Waals surface area contributed by atoms with E-state index in [1.54, 1.807) is 55.5 Å². The van der Waals surface area contributed by atoms with Crippen molar-refractivity contribution < 1.29 is 19.1 Å². The molecule has 0 aliphatic rings. The Kier molecular flexibility index (Phi) is 6.74. The van der Waals surface area contributed by atoms with Crippen molar-refractivity contribution in [2.75, 3.05) is 6.61 Å². The highest BCUT2D eigenvalue weighted by Gasteiger charge is 2.17. The number of primary amides is 1. The third-order valence-corrected chi connectivity index (χ3v) is 3.82. The summed E-state index contributed by atoms with van der Waals surface area (Å²) in [7, 11) is 0. The zero-order chi connectivity index (χ0) is 19.1. The summed E-state index contributed by atoms with van der Waals surface area (Å²) >= 11 is 5.79. The van der Waals surface area contributed by atoms with Crippen LogP contribution in [0.1, 0.15) is 22.8 Å². The first-order valence-electron chi connectivity index (χ1n) is 7.94. The number of rotatable bonds is 8. The Morgan fingerprint density at radius 1 is 1.08 bits per heavy atom. The van der Waals surface area contributed by atoms with Crippen molar-refractivity contribution in [1.29, 1.82) is 0 Å². The molecule has 2 amide bonds. The number of benzene rings is 2. The minimum Gasteiger partial charge on any atom is -0.484 e. The van der Waals surface area contributed by atoms with E-state index in [9.17, 15) is 14.4 Å². The van der Waals surface area contributed by atoms with Crippen molar-refractivity contribution in [3.8, 4) is 5.75 Å². The first-order valence-corrected chi connectivity index (χ1v) is 8.32. The van der Waals surface area contributed by atoms with E-state index >= 15 is 0 Å². The average molecular weight is 375 g/mol. The second kappa shape index (κ2) is 9.01. The van der Waals surface area contributed by atoms with Crippen LogP contribution in [0.5, 0.6) is 5.75 Å². The molecule has 1 atom stereocenters. The van der Waals surface area contributed by atoms with Gasteiger partial charge in [-0.25, -0.2) is 0 Å². The number of amides is 2. The number of carbonyl (C=O) groups is 3.